The van der Waals surface area contributed by atoms with Gasteiger partial charge in [0.05, 0.1) is 0 Å². The fourth-order valence-corrected chi connectivity index (χ4v) is 3.36. The lowest BCUT2D eigenvalue weighted by molar-refractivity contribution is 0.482. The van der Waals surface area contributed by atoms with Gasteiger partial charge >= 0.3 is 0 Å². The molecule has 0 saturated carbocycles. The van der Waals surface area contributed by atoms with Crippen LogP contribution in [-0.4, -0.2) is 8.42 Å². The maximum atomic E-state index is 13.7. The van der Waals surface area contributed by atoms with Crippen LogP contribution in [0.2, 0.25) is 0 Å². The predicted octanol–water partition coefficient (Wildman–Crippen LogP) is 4.87. The molecule has 0 fully saturated rings. The van der Waals surface area contributed by atoms with E-state index >= 15 is 0 Å². The van der Waals surface area contributed by atoms with Gasteiger partial charge in [0.15, 0.2) is 0 Å². The number of rotatable bonds is 5. The van der Waals surface area contributed by atoms with Crippen LogP contribution in [0, 0.1) is 18.6 Å². The second kappa shape index (κ2) is 7.13. The molecule has 3 rings (SSSR count). The number of sulfonamides is 1. The summed E-state index contributed by atoms with van der Waals surface area (Å²) in [4.78, 5) is -0.626. The Balaban J connectivity index is 1.75. The predicted molar refractivity (Wildman–Crippen MR) is 94.9 cm³/mol. The standard InChI is InChI=1S/C19H15F2NO3S/c1-13-2-7-16(8-3-13)25-17-9-5-15(6-10-17)22-26(23,24)19-11-4-14(20)12-18(19)21/h2-12,22H,1H3. The second-order valence-corrected chi connectivity index (χ2v) is 7.27. The molecule has 0 unspecified atom stereocenters. The highest BCUT2D eigenvalue weighted by Gasteiger charge is 2.19. The zero-order valence-corrected chi connectivity index (χ0v) is 14.6. The summed E-state index contributed by atoms with van der Waals surface area (Å²) < 4.78 is 59.0. The van der Waals surface area contributed by atoms with E-state index in [1.165, 1.54) is 12.1 Å². The van der Waals surface area contributed by atoms with E-state index < -0.39 is 26.6 Å². The molecule has 0 amide bonds. The van der Waals surface area contributed by atoms with E-state index in [0.717, 1.165) is 17.7 Å². The largest absolute Gasteiger partial charge is 0.457 e. The van der Waals surface area contributed by atoms with Gasteiger partial charge in [-0.05, 0) is 55.5 Å². The number of anilines is 1. The van der Waals surface area contributed by atoms with Gasteiger partial charge in [0.2, 0.25) is 0 Å². The highest BCUT2D eigenvalue weighted by Crippen LogP contribution is 2.25. The summed E-state index contributed by atoms with van der Waals surface area (Å²) in [5, 5.41) is 0. The molecule has 26 heavy (non-hydrogen) atoms. The van der Waals surface area contributed by atoms with Gasteiger partial charge in [-0.2, -0.15) is 0 Å². The van der Waals surface area contributed by atoms with Crippen molar-refractivity contribution < 1.29 is 21.9 Å². The zero-order valence-electron chi connectivity index (χ0n) is 13.7. The van der Waals surface area contributed by atoms with E-state index in [-0.39, 0.29) is 5.69 Å². The Labute approximate surface area is 150 Å². The molecule has 3 aromatic carbocycles. The first-order valence-corrected chi connectivity index (χ1v) is 9.14. The quantitative estimate of drug-likeness (QED) is 0.692. The summed E-state index contributed by atoms with van der Waals surface area (Å²) in [7, 11) is -4.17. The van der Waals surface area contributed by atoms with Gasteiger partial charge in [0.25, 0.3) is 10.0 Å². The fraction of sp³-hybridized carbons (Fsp3) is 0.0526. The van der Waals surface area contributed by atoms with Crippen LogP contribution in [0.4, 0.5) is 14.5 Å². The molecule has 1 N–H and O–H groups in total. The number of hydrogen-bond donors (Lipinski definition) is 1. The second-order valence-electron chi connectivity index (χ2n) is 5.62. The monoisotopic (exact) mass is 375 g/mol. The van der Waals surface area contributed by atoms with Crippen LogP contribution < -0.4 is 9.46 Å². The van der Waals surface area contributed by atoms with Crippen molar-refractivity contribution in [2.45, 2.75) is 11.8 Å². The molecular weight excluding hydrogens is 360 g/mol. The van der Waals surface area contributed by atoms with Gasteiger partial charge in [0, 0.05) is 11.8 Å². The van der Waals surface area contributed by atoms with Gasteiger partial charge in [-0.1, -0.05) is 17.7 Å². The van der Waals surface area contributed by atoms with E-state index in [2.05, 4.69) is 4.72 Å². The lowest BCUT2D eigenvalue weighted by atomic mass is 10.2. The first-order chi connectivity index (χ1) is 12.3. The SMILES string of the molecule is Cc1ccc(Oc2ccc(NS(=O)(=O)c3ccc(F)cc3F)cc2)cc1. The molecule has 3 aromatic rings. The summed E-state index contributed by atoms with van der Waals surface area (Å²) >= 11 is 0. The lowest BCUT2D eigenvalue weighted by Gasteiger charge is -2.10. The van der Waals surface area contributed by atoms with Crippen LogP contribution in [0.3, 0.4) is 0 Å². The number of benzene rings is 3. The van der Waals surface area contributed by atoms with Crippen molar-refractivity contribution in [3.8, 4) is 11.5 Å². The third-order valence-electron chi connectivity index (χ3n) is 3.55. The number of hydrogen-bond acceptors (Lipinski definition) is 3. The molecular formula is C19H15F2NO3S. The molecule has 0 aliphatic rings. The van der Waals surface area contributed by atoms with Crippen molar-refractivity contribution >= 4 is 15.7 Å². The summed E-state index contributed by atoms with van der Waals surface area (Å²) in [6.45, 7) is 1.97. The molecule has 0 aromatic heterocycles. The van der Waals surface area contributed by atoms with Crippen LogP contribution >= 0.6 is 0 Å². The normalized spacial score (nSPS) is 11.2. The van der Waals surface area contributed by atoms with E-state index in [0.29, 0.717) is 17.6 Å². The average Bonchev–Trinajstić information content (AvgIpc) is 2.58. The smallest absolute Gasteiger partial charge is 0.264 e. The third kappa shape index (κ3) is 4.18. The van der Waals surface area contributed by atoms with Crippen LogP contribution in [0.1, 0.15) is 5.56 Å². The van der Waals surface area contributed by atoms with Crippen LogP contribution in [-0.2, 0) is 10.0 Å². The maximum Gasteiger partial charge on any atom is 0.264 e. The highest BCUT2D eigenvalue weighted by molar-refractivity contribution is 7.92. The molecule has 0 heterocycles. The summed E-state index contributed by atoms with van der Waals surface area (Å²) in [6, 6.07) is 15.9. The zero-order chi connectivity index (χ0) is 18.7. The molecule has 0 aliphatic heterocycles. The van der Waals surface area contributed by atoms with Crippen molar-refractivity contribution in [3.05, 3.63) is 83.9 Å². The molecule has 0 aliphatic carbocycles. The highest BCUT2D eigenvalue weighted by atomic mass is 32.2. The van der Waals surface area contributed by atoms with Crippen LogP contribution in [0.5, 0.6) is 11.5 Å². The van der Waals surface area contributed by atoms with E-state index in [1.807, 2.05) is 31.2 Å². The maximum absolute atomic E-state index is 13.7. The van der Waals surface area contributed by atoms with Gasteiger partial charge in [0.1, 0.15) is 28.0 Å². The van der Waals surface area contributed by atoms with Crippen molar-refractivity contribution in [2.75, 3.05) is 4.72 Å². The van der Waals surface area contributed by atoms with Gasteiger partial charge in [-0.3, -0.25) is 4.72 Å². The Kier molecular flexibility index (Phi) is 4.90. The minimum atomic E-state index is -4.17. The number of nitrogens with one attached hydrogen (secondary N) is 1. The Bertz CT molecular complexity index is 1020. The molecule has 0 spiro atoms. The van der Waals surface area contributed by atoms with Gasteiger partial charge in [-0.15, -0.1) is 0 Å². The first-order valence-electron chi connectivity index (χ1n) is 7.66. The van der Waals surface area contributed by atoms with Crippen molar-refractivity contribution in [1.29, 1.82) is 0 Å². The van der Waals surface area contributed by atoms with Gasteiger partial charge in [-0.25, -0.2) is 17.2 Å². The minimum Gasteiger partial charge on any atom is -0.457 e. The molecule has 0 saturated heterocycles. The summed E-state index contributed by atoms with van der Waals surface area (Å²) in [5.74, 6) is -0.835. The Morgan fingerprint density at radius 1 is 0.846 bits per heavy atom. The first kappa shape index (κ1) is 17.9. The van der Waals surface area contributed by atoms with Crippen molar-refractivity contribution in [3.63, 3.8) is 0 Å². The van der Waals surface area contributed by atoms with E-state index in [9.17, 15) is 17.2 Å². The molecule has 0 bridgehead atoms. The Morgan fingerprint density at radius 3 is 2.00 bits per heavy atom. The molecule has 7 heteroatoms. The topological polar surface area (TPSA) is 55.4 Å². The van der Waals surface area contributed by atoms with Crippen LogP contribution in [0.15, 0.2) is 71.6 Å². The van der Waals surface area contributed by atoms with Crippen LogP contribution in [0.25, 0.3) is 0 Å². The fourth-order valence-electron chi connectivity index (χ4n) is 2.24. The molecule has 4 nitrogen and oxygen atoms in total. The average molecular weight is 375 g/mol. The third-order valence-corrected chi connectivity index (χ3v) is 4.96. The van der Waals surface area contributed by atoms with Gasteiger partial charge < -0.3 is 4.74 Å². The number of aryl methyl sites for hydroxylation is 1. The van der Waals surface area contributed by atoms with E-state index in [4.69, 9.17) is 4.74 Å². The lowest BCUT2D eigenvalue weighted by Crippen LogP contribution is -2.14. The van der Waals surface area contributed by atoms with E-state index in [1.54, 1.807) is 12.1 Å². The number of halogens is 2. The Morgan fingerprint density at radius 2 is 1.42 bits per heavy atom. The number of ether oxygens (including phenoxy) is 1. The minimum absolute atomic E-state index is 0.227. The Hall–Kier alpha value is -2.93. The molecule has 134 valence electrons. The molecule has 0 atom stereocenters. The van der Waals surface area contributed by atoms with Crippen molar-refractivity contribution in [1.82, 2.24) is 0 Å². The summed E-state index contributed by atoms with van der Waals surface area (Å²) in [6.07, 6.45) is 0. The van der Waals surface area contributed by atoms with Crippen molar-refractivity contribution in [2.24, 2.45) is 0 Å². The summed E-state index contributed by atoms with van der Waals surface area (Å²) in [5.41, 5.74) is 1.33. The molecule has 0 radical (unpaired) electrons.